The molecule has 0 fully saturated rings. The van der Waals surface area contributed by atoms with Crippen molar-refractivity contribution < 1.29 is 4.42 Å². The smallest absolute Gasteiger partial charge is 0.101 e. The van der Waals surface area contributed by atoms with Gasteiger partial charge in [-0.1, -0.05) is 42.5 Å². The van der Waals surface area contributed by atoms with E-state index in [1.165, 1.54) is 16.3 Å². The summed E-state index contributed by atoms with van der Waals surface area (Å²) in [5.41, 5.74) is 8.54. The molecular formula is C17H17NO. The third-order valence-corrected chi connectivity index (χ3v) is 3.45. The molecule has 2 heteroatoms. The van der Waals surface area contributed by atoms with E-state index in [0.717, 1.165) is 17.7 Å². The highest BCUT2D eigenvalue weighted by molar-refractivity contribution is 5.83. The van der Waals surface area contributed by atoms with Gasteiger partial charge >= 0.3 is 0 Å². The van der Waals surface area contributed by atoms with Crippen molar-refractivity contribution in [1.29, 1.82) is 0 Å². The van der Waals surface area contributed by atoms with Crippen molar-refractivity contribution in [2.24, 2.45) is 5.73 Å². The average Bonchev–Trinajstić information content (AvgIpc) is 2.85. The van der Waals surface area contributed by atoms with Crippen molar-refractivity contribution in [3.05, 3.63) is 71.7 Å². The van der Waals surface area contributed by atoms with Crippen molar-refractivity contribution in [2.75, 3.05) is 0 Å². The maximum absolute atomic E-state index is 6.22. The SMILES string of the molecule is Cc1cc(C(N)Cc2ccc3ccccc3c2)co1. The largest absolute Gasteiger partial charge is 0.469 e. The van der Waals surface area contributed by atoms with E-state index in [-0.39, 0.29) is 6.04 Å². The molecule has 96 valence electrons. The molecule has 1 heterocycles. The van der Waals surface area contributed by atoms with Crippen LogP contribution in [0.4, 0.5) is 0 Å². The second-order valence-electron chi connectivity index (χ2n) is 4.98. The standard InChI is InChI=1S/C17H17NO/c1-12-8-16(11-19-12)17(18)10-13-6-7-14-4-2-3-5-15(14)9-13/h2-9,11,17H,10,18H2,1H3. The molecule has 0 spiro atoms. The van der Waals surface area contributed by atoms with E-state index in [0.29, 0.717) is 0 Å². The van der Waals surface area contributed by atoms with E-state index in [2.05, 4.69) is 42.5 Å². The van der Waals surface area contributed by atoms with Crippen molar-refractivity contribution in [1.82, 2.24) is 0 Å². The molecule has 1 aromatic heterocycles. The molecule has 0 amide bonds. The molecule has 0 bridgehead atoms. The minimum absolute atomic E-state index is 0.0152. The quantitative estimate of drug-likeness (QED) is 0.764. The third-order valence-electron chi connectivity index (χ3n) is 3.45. The van der Waals surface area contributed by atoms with Crippen LogP contribution >= 0.6 is 0 Å². The van der Waals surface area contributed by atoms with E-state index in [9.17, 15) is 0 Å². The molecular weight excluding hydrogens is 234 g/mol. The van der Waals surface area contributed by atoms with E-state index in [1.807, 2.05) is 13.0 Å². The number of furan rings is 1. The van der Waals surface area contributed by atoms with Gasteiger partial charge in [0.15, 0.2) is 0 Å². The van der Waals surface area contributed by atoms with E-state index >= 15 is 0 Å². The summed E-state index contributed by atoms with van der Waals surface area (Å²) >= 11 is 0. The van der Waals surface area contributed by atoms with Gasteiger partial charge < -0.3 is 10.2 Å². The third kappa shape index (κ3) is 2.54. The molecule has 19 heavy (non-hydrogen) atoms. The molecule has 2 aromatic carbocycles. The number of hydrogen-bond acceptors (Lipinski definition) is 2. The van der Waals surface area contributed by atoms with Gasteiger partial charge in [-0.3, -0.25) is 0 Å². The highest BCUT2D eigenvalue weighted by atomic mass is 16.3. The van der Waals surface area contributed by atoms with Crippen LogP contribution in [0.3, 0.4) is 0 Å². The van der Waals surface area contributed by atoms with Gasteiger partial charge in [-0.2, -0.15) is 0 Å². The fourth-order valence-electron chi connectivity index (χ4n) is 2.40. The fourth-order valence-corrected chi connectivity index (χ4v) is 2.40. The summed E-state index contributed by atoms with van der Waals surface area (Å²) < 4.78 is 5.31. The molecule has 2 N–H and O–H groups in total. The van der Waals surface area contributed by atoms with Gasteiger partial charge in [0.1, 0.15) is 5.76 Å². The van der Waals surface area contributed by atoms with Crippen LogP contribution in [0.2, 0.25) is 0 Å². The maximum atomic E-state index is 6.22. The number of hydrogen-bond donors (Lipinski definition) is 1. The Morgan fingerprint density at radius 2 is 1.84 bits per heavy atom. The van der Waals surface area contributed by atoms with Crippen molar-refractivity contribution >= 4 is 10.8 Å². The zero-order valence-electron chi connectivity index (χ0n) is 11.0. The molecule has 2 nitrogen and oxygen atoms in total. The first-order valence-electron chi connectivity index (χ1n) is 6.51. The highest BCUT2D eigenvalue weighted by Crippen LogP contribution is 2.21. The minimum Gasteiger partial charge on any atom is -0.469 e. The summed E-state index contributed by atoms with van der Waals surface area (Å²) in [6.45, 7) is 1.94. The summed E-state index contributed by atoms with van der Waals surface area (Å²) in [5.74, 6) is 0.906. The van der Waals surface area contributed by atoms with Gasteiger partial charge in [-0.25, -0.2) is 0 Å². The number of benzene rings is 2. The zero-order chi connectivity index (χ0) is 13.2. The first-order chi connectivity index (χ1) is 9.22. The molecule has 0 aliphatic rings. The summed E-state index contributed by atoms with van der Waals surface area (Å²) in [6, 6.07) is 16.9. The second kappa shape index (κ2) is 4.90. The first-order valence-corrected chi connectivity index (χ1v) is 6.51. The summed E-state index contributed by atoms with van der Waals surface area (Å²) in [7, 11) is 0. The average molecular weight is 251 g/mol. The highest BCUT2D eigenvalue weighted by Gasteiger charge is 2.10. The zero-order valence-corrected chi connectivity index (χ0v) is 11.0. The molecule has 0 saturated carbocycles. The summed E-state index contributed by atoms with van der Waals surface area (Å²) in [5, 5.41) is 2.52. The van der Waals surface area contributed by atoms with E-state index < -0.39 is 0 Å². The van der Waals surface area contributed by atoms with Gasteiger partial charge in [0.2, 0.25) is 0 Å². The fraction of sp³-hybridized carbons (Fsp3) is 0.176. The van der Waals surface area contributed by atoms with Crippen LogP contribution in [-0.4, -0.2) is 0 Å². The van der Waals surface area contributed by atoms with Crippen LogP contribution in [0.1, 0.15) is 22.9 Å². The molecule has 0 saturated heterocycles. The lowest BCUT2D eigenvalue weighted by Gasteiger charge is -2.10. The van der Waals surface area contributed by atoms with Gasteiger partial charge in [0.25, 0.3) is 0 Å². The molecule has 1 unspecified atom stereocenters. The number of nitrogens with two attached hydrogens (primary N) is 1. The van der Waals surface area contributed by atoms with Crippen LogP contribution in [0.25, 0.3) is 10.8 Å². The molecule has 3 aromatic rings. The topological polar surface area (TPSA) is 39.2 Å². The Kier molecular flexibility index (Phi) is 3.10. The Balaban J connectivity index is 1.84. The van der Waals surface area contributed by atoms with E-state index in [4.69, 9.17) is 10.2 Å². The lowest BCUT2D eigenvalue weighted by molar-refractivity contribution is 0.528. The number of fused-ring (bicyclic) bond motifs is 1. The summed E-state index contributed by atoms with van der Waals surface area (Å²) in [4.78, 5) is 0. The van der Waals surface area contributed by atoms with Crippen LogP contribution < -0.4 is 5.73 Å². The van der Waals surface area contributed by atoms with Gasteiger partial charge in [-0.15, -0.1) is 0 Å². The predicted octanol–water partition coefficient (Wildman–Crippen LogP) is 3.98. The Morgan fingerprint density at radius 1 is 1.05 bits per heavy atom. The molecule has 0 aliphatic carbocycles. The molecule has 1 atom stereocenters. The van der Waals surface area contributed by atoms with Crippen LogP contribution in [0.15, 0.2) is 59.2 Å². The van der Waals surface area contributed by atoms with Crippen LogP contribution in [-0.2, 0) is 6.42 Å². The van der Waals surface area contributed by atoms with Gasteiger partial charge in [-0.05, 0) is 35.7 Å². The Hall–Kier alpha value is -2.06. The van der Waals surface area contributed by atoms with E-state index in [1.54, 1.807) is 6.26 Å². The second-order valence-corrected chi connectivity index (χ2v) is 4.98. The van der Waals surface area contributed by atoms with Crippen LogP contribution in [0, 0.1) is 6.92 Å². The van der Waals surface area contributed by atoms with Crippen LogP contribution in [0.5, 0.6) is 0 Å². The molecule has 3 rings (SSSR count). The minimum atomic E-state index is -0.0152. The normalized spacial score (nSPS) is 12.7. The van der Waals surface area contributed by atoms with Crippen molar-refractivity contribution in [3.63, 3.8) is 0 Å². The Labute approximate surface area is 112 Å². The van der Waals surface area contributed by atoms with Crippen molar-refractivity contribution in [2.45, 2.75) is 19.4 Å². The first kappa shape index (κ1) is 12.0. The molecule has 0 aliphatic heterocycles. The predicted molar refractivity (Wildman–Crippen MR) is 78.0 cm³/mol. The Bertz CT molecular complexity index is 699. The Morgan fingerprint density at radius 3 is 2.58 bits per heavy atom. The number of rotatable bonds is 3. The lowest BCUT2D eigenvalue weighted by Crippen LogP contribution is -2.12. The number of aryl methyl sites for hydroxylation is 1. The van der Waals surface area contributed by atoms with Crippen molar-refractivity contribution in [3.8, 4) is 0 Å². The van der Waals surface area contributed by atoms with Gasteiger partial charge in [0, 0.05) is 11.6 Å². The molecule has 0 radical (unpaired) electrons. The maximum Gasteiger partial charge on any atom is 0.101 e. The summed E-state index contributed by atoms with van der Waals surface area (Å²) in [6.07, 6.45) is 2.57. The van der Waals surface area contributed by atoms with Gasteiger partial charge in [0.05, 0.1) is 6.26 Å². The monoisotopic (exact) mass is 251 g/mol. The lowest BCUT2D eigenvalue weighted by atomic mass is 9.99.